The lowest BCUT2D eigenvalue weighted by Gasteiger charge is -2.29. The number of methoxy groups -OCH3 is 1. The average molecular weight is 332 g/mol. The molecule has 3 rings (SSSR count). The third-order valence-electron chi connectivity index (χ3n) is 4.08. The predicted octanol–water partition coefficient (Wildman–Crippen LogP) is 3.17. The molecule has 1 aromatic carbocycles. The van der Waals surface area contributed by atoms with Crippen LogP contribution in [-0.2, 0) is 4.79 Å². The summed E-state index contributed by atoms with van der Waals surface area (Å²) in [4.78, 5) is 28.6. The van der Waals surface area contributed by atoms with Crippen LogP contribution in [0.5, 0.6) is 5.75 Å². The SMILES string of the molecule is COc1ccc(/C=C2/SC(=O)N(CN3CCCCC3)C2=O)cc1. The molecule has 0 spiro atoms. The van der Waals surface area contributed by atoms with E-state index in [-0.39, 0.29) is 11.1 Å². The number of ether oxygens (including phenoxy) is 1. The van der Waals surface area contributed by atoms with Crippen LogP contribution >= 0.6 is 11.8 Å². The summed E-state index contributed by atoms with van der Waals surface area (Å²) in [5.41, 5.74) is 0.884. The largest absolute Gasteiger partial charge is 0.497 e. The number of benzene rings is 1. The maximum atomic E-state index is 12.5. The van der Waals surface area contributed by atoms with Crippen LogP contribution in [0.15, 0.2) is 29.2 Å². The van der Waals surface area contributed by atoms with Gasteiger partial charge < -0.3 is 4.74 Å². The molecule has 0 radical (unpaired) electrons. The number of hydrogen-bond donors (Lipinski definition) is 0. The molecule has 0 saturated carbocycles. The second kappa shape index (κ2) is 7.19. The van der Waals surface area contributed by atoms with Crippen LogP contribution in [0.2, 0.25) is 0 Å². The highest BCUT2D eigenvalue weighted by Gasteiger charge is 2.36. The highest BCUT2D eigenvalue weighted by molar-refractivity contribution is 8.18. The molecule has 0 bridgehead atoms. The van der Waals surface area contributed by atoms with E-state index in [4.69, 9.17) is 4.74 Å². The molecule has 6 heteroatoms. The Balaban J connectivity index is 1.70. The summed E-state index contributed by atoms with van der Waals surface area (Å²) in [6.07, 6.45) is 5.27. The van der Waals surface area contributed by atoms with E-state index in [0.29, 0.717) is 11.6 Å². The Morgan fingerprint density at radius 1 is 1.13 bits per heavy atom. The highest BCUT2D eigenvalue weighted by atomic mass is 32.2. The number of nitrogens with zero attached hydrogens (tertiary/aromatic N) is 2. The van der Waals surface area contributed by atoms with Crippen molar-refractivity contribution < 1.29 is 14.3 Å². The topological polar surface area (TPSA) is 49.9 Å². The van der Waals surface area contributed by atoms with E-state index in [9.17, 15) is 9.59 Å². The van der Waals surface area contributed by atoms with Gasteiger partial charge in [0.1, 0.15) is 5.75 Å². The molecule has 2 aliphatic heterocycles. The number of likely N-dealkylation sites (tertiary alicyclic amines) is 1. The molecule has 122 valence electrons. The van der Waals surface area contributed by atoms with Crippen molar-refractivity contribution in [3.05, 3.63) is 34.7 Å². The first-order valence-electron chi connectivity index (χ1n) is 7.79. The number of rotatable bonds is 4. The molecule has 1 aromatic rings. The van der Waals surface area contributed by atoms with Crippen LogP contribution in [0.3, 0.4) is 0 Å². The normalized spacial score (nSPS) is 21.3. The van der Waals surface area contributed by atoms with Gasteiger partial charge in [-0.05, 0) is 61.5 Å². The second-order valence-corrected chi connectivity index (χ2v) is 6.70. The molecule has 2 fully saturated rings. The number of carbonyl (C=O) groups is 2. The summed E-state index contributed by atoms with van der Waals surface area (Å²) in [5, 5.41) is -0.180. The van der Waals surface area contributed by atoms with Crippen LogP contribution in [0, 0.1) is 0 Å². The molecule has 23 heavy (non-hydrogen) atoms. The van der Waals surface area contributed by atoms with Crippen LogP contribution < -0.4 is 4.74 Å². The maximum absolute atomic E-state index is 12.5. The van der Waals surface area contributed by atoms with E-state index in [1.165, 1.54) is 11.3 Å². The van der Waals surface area contributed by atoms with Gasteiger partial charge in [0.2, 0.25) is 0 Å². The van der Waals surface area contributed by atoms with Gasteiger partial charge in [0.25, 0.3) is 11.1 Å². The number of piperidine rings is 1. The molecule has 0 N–H and O–H groups in total. The van der Waals surface area contributed by atoms with E-state index >= 15 is 0 Å². The van der Waals surface area contributed by atoms with Crippen molar-refractivity contribution in [3.8, 4) is 5.75 Å². The molecule has 5 nitrogen and oxygen atoms in total. The number of amides is 2. The minimum atomic E-state index is -0.193. The number of carbonyl (C=O) groups excluding carboxylic acids is 2. The van der Waals surface area contributed by atoms with E-state index in [1.807, 2.05) is 24.3 Å². The molecular weight excluding hydrogens is 312 g/mol. The number of hydrogen-bond acceptors (Lipinski definition) is 5. The fourth-order valence-electron chi connectivity index (χ4n) is 2.77. The van der Waals surface area contributed by atoms with Gasteiger partial charge >= 0.3 is 0 Å². The Kier molecular flexibility index (Phi) is 5.03. The van der Waals surface area contributed by atoms with Crippen LogP contribution in [0.25, 0.3) is 6.08 Å². The van der Waals surface area contributed by atoms with Gasteiger partial charge in [-0.3, -0.25) is 19.4 Å². The summed E-state index contributed by atoms with van der Waals surface area (Å²) < 4.78 is 5.12. The summed E-state index contributed by atoms with van der Waals surface area (Å²) in [6, 6.07) is 7.42. The smallest absolute Gasteiger partial charge is 0.294 e. The summed E-state index contributed by atoms with van der Waals surface area (Å²) in [5.74, 6) is 0.571. The first-order chi connectivity index (χ1) is 11.2. The van der Waals surface area contributed by atoms with Crippen molar-refractivity contribution in [2.24, 2.45) is 0 Å². The Labute approximate surface area is 140 Å². The Bertz CT molecular complexity index is 621. The quantitative estimate of drug-likeness (QED) is 0.793. The lowest BCUT2D eigenvalue weighted by Crippen LogP contribution is -2.42. The molecule has 2 saturated heterocycles. The minimum Gasteiger partial charge on any atom is -0.497 e. The van der Waals surface area contributed by atoms with Crippen LogP contribution in [0.4, 0.5) is 4.79 Å². The van der Waals surface area contributed by atoms with Crippen molar-refractivity contribution in [3.63, 3.8) is 0 Å². The molecular formula is C17H20N2O3S. The minimum absolute atomic E-state index is 0.180. The molecule has 2 heterocycles. The Hall–Kier alpha value is -1.79. The van der Waals surface area contributed by atoms with E-state index in [1.54, 1.807) is 13.2 Å². The zero-order chi connectivity index (χ0) is 16.2. The lowest BCUT2D eigenvalue weighted by atomic mass is 10.1. The van der Waals surface area contributed by atoms with Crippen molar-refractivity contribution in [2.75, 3.05) is 26.9 Å². The van der Waals surface area contributed by atoms with Gasteiger partial charge in [-0.25, -0.2) is 0 Å². The summed E-state index contributed by atoms with van der Waals surface area (Å²) in [6.45, 7) is 2.32. The van der Waals surface area contributed by atoms with Crippen LogP contribution in [0.1, 0.15) is 24.8 Å². The molecule has 2 aliphatic rings. The number of thioether (sulfide) groups is 1. The van der Waals surface area contributed by atoms with Crippen molar-refractivity contribution in [1.82, 2.24) is 9.80 Å². The monoisotopic (exact) mass is 332 g/mol. The maximum Gasteiger partial charge on any atom is 0.294 e. The third-order valence-corrected chi connectivity index (χ3v) is 4.98. The van der Waals surface area contributed by atoms with Crippen molar-refractivity contribution >= 4 is 29.0 Å². The van der Waals surface area contributed by atoms with Gasteiger partial charge in [0.15, 0.2) is 0 Å². The predicted molar refractivity (Wildman–Crippen MR) is 91.1 cm³/mol. The molecule has 0 atom stereocenters. The fourth-order valence-corrected chi connectivity index (χ4v) is 3.61. The molecule has 2 amide bonds. The summed E-state index contributed by atoms with van der Waals surface area (Å²) in [7, 11) is 1.61. The zero-order valence-electron chi connectivity index (χ0n) is 13.2. The third kappa shape index (κ3) is 3.76. The van der Waals surface area contributed by atoms with Gasteiger partial charge in [-0.2, -0.15) is 0 Å². The second-order valence-electron chi connectivity index (χ2n) is 5.70. The van der Waals surface area contributed by atoms with E-state index in [2.05, 4.69) is 4.90 Å². The van der Waals surface area contributed by atoms with Crippen LogP contribution in [-0.4, -0.2) is 47.8 Å². The van der Waals surface area contributed by atoms with E-state index in [0.717, 1.165) is 49.0 Å². The molecule has 0 aromatic heterocycles. The van der Waals surface area contributed by atoms with Crippen molar-refractivity contribution in [1.29, 1.82) is 0 Å². The Morgan fingerprint density at radius 3 is 2.48 bits per heavy atom. The first-order valence-corrected chi connectivity index (χ1v) is 8.61. The van der Waals surface area contributed by atoms with Gasteiger partial charge in [-0.1, -0.05) is 18.6 Å². The van der Waals surface area contributed by atoms with E-state index < -0.39 is 0 Å². The average Bonchev–Trinajstić information content (AvgIpc) is 2.84. The van der Waals surface area contributed by atoms with Crippen molar-refractivity contribution in [2.45, 2.75) is 19.3 Å². The van der Waals surface area contributed by atoms with Gasteiger partial charge in [0.05, 0.1) is 18.7 Å². The van der Waals surface area contributed by atoms with Gasteiger partial charge in [-0.15, -0.1) is 0 Å². The highest BCUT2D eigenvalue weighted by Crippen LogP contribution is 2.32. The van der Waals surface area contributed by atoms with Gasteiger partial charge in [0, 0.05) is 0 Å². The first kappa shape index (κ1) is 16.1. The molecule has 0 aliphatic carbocycles. The zero-order valence-corrected chi connectivity index (χ0v) is 14.0. The standard InChI is InChI=1S/C17H20N2O3S/c1-22-14-7-5-13(6-8-14)11-15-16(20)19(17(21)23-15)12-18-9-3-2-4-10-18/h5-8,11H,2-4,9-10,12H2,1H3/b15-11+. The molecule has 0 unspecified atom stereocenters. The lowest BCUT2D eigenvalue weighted by molar-refractivity contribution is -0.124. The number of imide groups is 1. The fraction of sp³-hybridized carbons (Fsp3) is 0.412. The Morgan fingerprint density at radius 2 is 1.83 bits per heavy atom. The summed E-state index contributed by atoms with van der Waals surface area (Å²) >= 11 is 1.02.